The number of carbonyl (C=O) groups excluding carboxylic acids is 3. The van der Waals surface area contributed by atoms with Crippen molar-refractivity contribution in [1.82, 2.24) is 4.90 Å². The molecule has 1 aliphatic heterocycles. The first-order valence-corrected chi connectivity index (χ1v) is 10.7. The maximum atomic E-state index is 12.8. The fraction of sp³-hybridized carbons (Fsp3) is 0.0800. The van der Waals surface area contributed by atoms with E-state index in [4.69, 9.17) is 4.74 Å². The van der Waals surface area contributed by atoms with Crippen molar-refractivity contribution in [3.05, 3.63) is 100 Å². The van der Waals surface area contributed by atoms with E-state index in [1.54, 1.807) is 49.6 Å². The lowest BCUT2D eigenvalue weighted by Crippen LogP contribution is -2.27. The second kappa shape index (κ2) is 9.53. The number of para-hydroxylation sites is 1. The Hall–Kier alpha value is -3.84. The fourth-order valence-corrected chi connectivity index (χ4v) is 3.99. The molecule has 0 radical (unpaired) electrons. The minimum Gasteiger partial charge on any atom is -0.497 e. The summed E-state index contributed by atoms with van der Waals surface area (Å²) < 4.78 is 5.13. The molecule has 0 spiro atoms. The van der Waals surface area contributed by atoms with Crippen LogP contribution < -0.4 is 10.1 Å². The zero-order valence-corrected chi connectivity index (χ0v) is 18.1. The van der Waals surface area contributed by atoms with E-state index < -0.39 is 0 Å². The van der Waals surface area contributed by atoms with E-state index >= 15 is 0 Å². The number of rotatable bonds is 6. The van der Waals surface area contributed by atoms with Gasteiger partial charge in [0.15, 0.2) is 0 Å². The van der Waals surface area contributed by atoms with Crippen molar-refractivity contribution in [2.45, 2.75) is 6.54 Å². The van der Waals surface area contributed by atoms with Gasteiger partial charge >= 0.3 is 0 Å². The quantitative estimate of drug-likeness (QED) is 0.530. The van der Waals surface area contributed by atoms with Crippen LogP contribution in [0.5, 0.6) is 5.75 Å². The average Bonchev–Trinajstić information content (AvgIpc) is 3.08. The zero-order chi connectivity index (χ0) is 22.5. The third-order valence-electron chi connectivity index (χ3n) is 4.88. The van der Waals surface area contributed by atoms with Crippen LogP contribution in [0.1, 0.15) is 21.5 Å². The molecule has 0 atom stereocenters. The van der Waals surface area contributed by atoms with Crippen LogP contribution in [0.15, 0.2) is 83.8 Å². The van der Waals surface area contributed by atoms with Gasteiger partial charge in [-0.2, -0.15) is 0 Å². The third kappa shape index (κ3) is 4.90. The largest absolute Gasteiger partial charge is 0.497 e. The van der Waals surface area contributed by atoms with Gasteiger partial charge in [0.2, 0.25) is 0 Å². The van der Waals surface area contributed by atoms with Crippen molar-refractivity contribution in [1.29, 1.82) is 0 Å². The summed E-state index contributed by atoms with van der Waals surface area (Å²) in [6.07, 6.45) is 1.70. The number of amides is 3. The first-order chi connectivity index (χ1) is 15.5. The molecule has 1 fully saturated rings. The monoisotopic (exact) mass is 444 g/mol. The van der Waals surface area contributed by atoms with Crippen molar-refractivity contribution < 1.29 is 19.1 Å². The highest BCUT2D eigenvalue weighted by Gasteiger charge is 2.35. The number of methoxy groups -OCH3 is 1. The number of ether oxygens (including phenoxy) is 1. The predicted octanol–water partition coefficient (Wildman–Crippen LogP) is 5.18. The van der Waals surface area contributed by atoms with Crippen LogP contribution in [0, 0.1) is 0 Å². The normalized spacial score (nSPS) is 14.7. The van der Waals surface area contributed by atoms with E-state index in [1.807, 2.05) is 42.5 Å². The molecule has 6 nitrogen and oxygen atoms in total. The number of benzene rings is 3. The molecular weight excluding hydrogens is 424 g/mol. The molecule has 160 valence electrons. The molecule has 1 saturated heterocycles. The van der Waals surface area contributed by atoms with E-state index in [9.17, 15) is 14.4 Å². The number of hydrogen-bond acceptors (Lipinski definition) is 5. The number of carbonyl (C=O) groups is 3. The van der Waals surface area contributed by atoms with Crippen molar-refractivity contribution >= 4 is 40.6 Å². The van der Waals surface area contributed by atoms with Gasteiger partial charge in [-0.05, 0) is 65.4 Å². The lowest BCUT2D eigenvalue weighted by atomic mass is 10.1. The fourth-order valence-electron chi connectivity index (χ4n) is 3.16. The number of nitrogens with zero attached hydrogens (tertiary/aromatic N) is 1. The van der Waals surface area contributed by atoms with Crippen molar-refractivity contribution in [2.24, 2.45) is 0 Å². The van der Waals surface area contributed by atoms with Gasteiger partial charge in [0.05, 0.1) is 18.6 Å². The second-order valence-electron chi connectivity index (χ2n) is 7.06. The summed E-state index contributed by atoms with van der Waals surface area (Å²) in [5.41, 5.74) is 2.77. The highest BCUT2D eigenvalue weighted by atomic mass is 32.2. The minimum absolute atomic E-state index is 0.144. The molecule has 0 aliphatic carbocycles. The summed E-state index contributed by atoms with van der Waals surface area (Å²) in [6.45, 7) is 0.144. The van der Waals surface area contributed by atoms with Crippen LogP contribution >= 0.6 is 11.8 Å². The maximum Gasteiger partial charge on any atom is 0.293 e. The van der Waals surface area contributed by atoms with Crippen molar-refractivity contribution in [3.8, 4) is 5.75 Å². The van der Waals surface area contributed by atoms with Crippen LogP contribution in [0.25, 0.3) is 6.08 Å². The highest BCUT2D eigenvalue weighted by Crippen LogP contribution is 2.33. The van der Waals surface area contributed by atoms with Crippen LogP contribution in [0.4, 0.5) is 10.5 Å². The summed E-state index contributed by atoms with van der Waals surface area (Å²) in [6, 6.07) is 23.3. The van der Waals surface area contributed by atoms with Crippen LogP contribution in [0.3, 0.4) is 0 Å². The summed E-state index contributed by atoms with van der Waals surface area (Å²) in [4.78, 5) is 39.1. The molecule has 1 N–H and O–H groups in total. The van der Waals surface area contributed by atoms with E-state index in [2.05, 4.69) is 5.32 Å². The zero-order valence-electron chi connectivity index (χ0n) is 17.3. The van der Waals surface area contributed by atoms with Crippen LogP contribution in [0.2, 0.25) is 0 Å². The molecule has 1 aliphatic rings. The second-order valence-corrected chi connectivity index (χ2v) is 8.05. The van der Waals surface area contributed by atoms with Gasteiger partial charge < -0.3 is 10.1 Å². The van der Waals surface area contributed by atoms with Gasteiger partial charge in [0.1, 0.15) is 5.75 Å². The molecule has 4 rings (SSSR count). The van der Waals surface area contributed by atoms with Crippen molar-refractivity contribution in [2.75, 3.05) is 12.4 Å². The smallest absolute Gasteiger partial charge is 0.293 e. The number of anilines is 1. The Kier molecular flexibility index (Phi) is 6.37. The Bertz CT molecular complexity index is 1170. The summed E-state index contributed by atoms with van der Waals surface area (Å²) >= 11 is 0.918. The van der Waals surface area contributed by atoms with E-state index in [1.165, 1.54) is 4.90 Å². The van der Waals surface area contributed by atoms with E-state index in [0.29, 0.717) is 16.2 Å². The van der Waals surface area contributed by atoms with E-state index in [0.717, 1.165) is 28.6 Å². The lowest BCUT2D eigenvalue weighted by Gasteiger charge is -2.13. The predicted molar refractivity (Wildman–Crippen MR) is 125 cm³/mol. The Balaban J connectivity index is 1.42. The molecule has 0 aromatic heterocycles. The highest BCUT2D eigenvalue weighted by molar-refractivity contribution is 8.18. The Morgan fingerprint density at radius 3 is 2.31 bits per heavy atom. The molecule has 3 aromatic rings. The van der Waals surface area contributed by atoms with Gasteiger partial charge in [-0.25, -0.2) is 0 Å². The number of imide groups is 1. The molecule has 7 heteroatoms. The molecular formula is C25H20N2O4S. The Morgan fingerprint density at radius 1 is 0.969 bits per heavy atom. The van der Waals surface area contributed by atoms with Gasteiger partial charge in [-0.1, -0.05) is 42.5 Å². The SMILES string of the molecule is COc1ccc(/C=C2\SC(=O)N(Cc3ccc(C(=O)Nc4ccccc4)cc3)C2=O)cc1. The number of hydrogen-bond donors (Lipinski definition) is 1. The van der Waals surface area contributed by atoms with Crippen LogP contribution in [-0.2, 0) is 11.3 Å². The number of nitrogens with one attached hydrogen (secondary N) is 1. The average molecular weight is 445 g/mol. The Labute approximate surface area is 189 Å². The summed E-state index contributed by atoms with van der Waals surface area (Å²) in [5.74, 6) is 0.161. The molecule has 3 aromatic carbocycles. The van der Waals surface area contributed by atoms with Gasteiger partial charge in [-0.15, -0.1) is 0 Å². The standard InChI is InChI=1S/C25H20N2O4S/c1-31-21-13-9-17(10-14-21)15-22-24(29)27(25(30)32-22)16-18-7-11-19(12-8-18)23(28)26-20-5-3-2-4-6-20/h2-15H,16H2,1H3,(H,26,28)/b22-15-. The third-order valence-corrected chi connectivity index (χ3v) is 5.78. The summed E-state index contributed by atoms with van der Waals surface area (Å²) in [5, 5.41) is 2.51. The molecule has 0 saturated carbocycles. The lowest BCUT2D eigenvalue weighted by molar-refractivity contribution is -0.123. The van der Waals surface area contributed by atoms with Crippen molar-refractivity contribution in [3.63, 3.8) is 0 Å². The first kappa shape index (κ1) is 21.4. The minimum atomic E-state index is -0.332. The molecule has 0 unspecified atom stereocenters. The number of thioether (sulfide) groups is 1. The van der Waals surface area contributed by atoms with Crippen LogP contribution in [-0.4, -0.2) is 29.1 Å². The van der Waals surface area contributed by atoms with Gasteiger partial charge in [0, 0.05) is 11.3 Å². The molecule has 32 heavy (non-hydrogen) atoms. The molecule has 1 heterocycles. The molecule has 3 amide bonds. The van der Waals surface area contributed by atoms with Gasteiger partial charge in [-0.3, -0.25) is 19.3 Å². The topological polar surface area (TPSA) is 75.7 Å². The summed E-state index contributed by atoms with van der Waals surface area (Å²) in [7, 11) is 1.59. The first-order valence-electron chi connectivity index (χ1n) is 9.88. The Morgan fingerprint density at radius 2 is 1.66 bits per heavy atom. The van der Waals surface area contributed by atoms with Gasteiger partial charge in [0.25, 0.3) is 17.1 Å². The van der Waals surface area contributed by atoms with E-state index in [-0.39, 0.29) is 23.6 Å². The maximum absolute atomic E-state index is 12.8. The molecule has 0 bridgehead atoms.